The predicted molar refractivity (Wildman–Crippen MR) is 127 cm³/mol. The molecule has 2 N–H and O–H groups in total. The summed E-state index contributed by atoms with van der Waals surface area (Å²) in [6.45, 7) is 7.48. The molecule has 1 fully saturated rings. The number of aliphatic hydroxyl groups is 1. The zero-order valence-corrected chi connectivity index (χ0v) is 20.4. The molecular weight excluding hydrogens is 420 g/mol. The van der Waals surface area contributed by atoms with Crippen molar-refractivity contribution in [2.45, 2.75) is 57.5 Å². The largest absolute Gasteiger partial charge is 0.497 e. The second-order valence-electron chi connectivity index (χ2n) is 9.65. The maximum atomic E-state index is 13.0. The number of hydrogen-bond donors (Lipinski definition) is 2. The van der Waals surface area contributed by atoms with Crippen molar-refractivity contribution < 1.29 is 19.4 Å². The fraction of sp³-hybridized carbons (Fsp3) is 0.600. The van der Waals surface area contributed by atoms with Crippen molar-refractivity contribution in [1.82, 2.24) is 19.7 Å². The Hall–Kier alpha value is -2.74. The van der Waals surface area contributed by atoms with Crippen LogP contribution in [-0.4, -0.2) is 70.8 Å². The maximum Gasteiger partial charge on any atom is 0.317 e. The molecule has 2 aromatic rings. The highest BCUT2D eigenvalue weighted by atomic mass is 16.5. The standard InChI is InChI=1S/C25H36N4O4/c1-6-21(31)29-15-25(9-11-28(12-10-25)24(32)26-16(2)3)22-18-8-7-17(33-5)13-19(18)27(4)23(22)20(29)14-30/h7-8,13,16,20,30H,6,9-12,14-15H2,1-5H3,(H,26,32)/t20-/m0/s1. The fourth-order valence-corrected chi connectivity index (χ4v) is 5.71. The van der Waals surface area contributed by atoms with Crippen LogP contribution >= 0.6 is 0 Å². The van der Waals surface area contributed by atoms with Gasteiger partial charge in [0, 0.05) is 61.7 Å². The van der Waals surface area contributed by atoms with Gasteiger partial charge in [-0.2, -0.15) is 0 Å². The van der Waals surface area contributed by atoms with E-state index in [4.69, 9.17) is 4.74 Å². The lowest BCUT2D eigenvalue weighted by atomic mass is 9.68. The quantitative estimate of drug-likeness (QED) is 0.741. The van der Waals surface area contributed by atoms with E-state index in [2.05, 4.69) is 16.0 Å². The van der Waals surface area contributed by atoms with Gasteiger partial charge in [0.25, 0.3) is 0 Å². The minimum atomic E-state index is -0.385. The minimum Gasteiger partial charge on any atom is -0.497 e. The van der Waals surface area contributed by atoms with Crippen molar-refractivity contribution >= 4 is 22.8 Å². The number of aryl methyl sites for hydroxylation is 1. The zero-order valence-electron chi connectivity index (χ0n) is 20.4. The molecule has 33 heavy (non-hydrogen) atoms. The number of nitrogens with one attached hydrogen (secondary N) is 1. The number of likely N-dealkylation sites (tertiary alicyclic amines) is 1. The molecule has 1 spiro atoms. The van der Waals surface area contributed by atoms with Gasteiger partial charge in [-0.15, -0.1) is 0 Å². The van der Waals surface area contributed by atoms with Crippen molar-refractivity contribution in [3.05, 3.63) is 29.5 Å². The van der Waals surface area contributed by atoms with Crippen LogP contribution in [0.2, 0.25) is 0 Å². The summed E-state index contributed by atoms with van der Waals surface area (Å²) in [5.41, 5.74) is 2.97. The lowest BCUT2D eigenvalue weighted by Gasteiger charge is -2.50. The molecule has 1 atom stereocenters. The summed E-state index contributed by atoms with van der Waals surface area (Å²) in [6.07, 6.45) is 1.92. The second kappa shape index (κ2) is 8.89. The van der Waals surface area contributed by atoms with E-state index < -0.39 is 0 Å². The van der Waals surface area contributed by atoms with Crippen LogP contribution in [-0.2, 0) is 17.3 Å². The van der Waals surface area contributed by atoms with E-state index in [1.807, 2.05) is 49.8 Å². The molecule has 0 bridgehead atoms. The Labute approximate surface area is 195 Å². The van der Waals surface area contributed by atoms with Crippen molar-refractivity contribution in [1.29, 1.82) is 0 Å². The lowest BCUT2D eigenvalue weighted by Crippen LogP contribution is -2.57. The summed E-state index contributed by atoms with van der Waals surface area (Å²) in [5.74, 6) is 0.818. The molecule has 8 nitrogen and oxygen atoms in total. The molecular formula is C25H36N4O4. The number of aliphatic hydroxyl groups excluding tert-OH is 1. The van der Waals surface area contributed by atoms with Crippen LogP contribution in [0, 0.1) is 0 Å². The van der Waals surface area contributed by atoms with Gasteiger partial charge in [0.15, 0.2) is 0 Å². The first-order valence-electron chi connectivity index (χ1n) is 11.9. The second-order valence-corrected chi connectivity index (χ2v) is 9.65. The Morgan fingerprint density at radius 3 is 2.55 bits per heavy atom. The highest BCUT2D eigenvalue weighted by Gasteiger charge is 2.49. The number of rotatable bonds is 4. The first kappa shape index (κ1) is 23.4. The van der Waals surface area contributed by atoms with E-state index in [-0.39, 0.29) is 36.0 Å². The molecule has 2 aliphatic rings. The van der Waals surface area contributed by atoms with Gasteiger partial charge in [0.1, 0.15) is 5.75 Å². The lowest BCUT2D eigenvalue weighted by molar-refractivity contribution is -0.137. The summed E-state index contributed by atoms with van der Waals surface area (Å²) in [6, 6.07) is 5.76. The third kappa shape index (κ3) is 3.84. The van der Waals surface area contributed by atoms with Gasteiger partial charge in [0.05, 0.1) is 25.3 Å². The van der Waals surface area contributed by atoms with E-state index in [0.717, 1.165) is 35.2 Å². The van der Waals surface area contributed by atoms with Gasteiger partial charge in [-0.3, -0.25) is 4.79 Å². The first-order valence-corrected chi connectivity index (χ1v) is 11.9. The Morgan fingerprint density at radius 2 is 1.97 bits per heavy atom. The smallest absolute Gasteiger partial charge is 0.317 e. The van der Waals surface area contributed by atoms with Crippen molar-refractivity contribution in [3.63, 3.8) is 0 Å². The Kier molecular flexibility index (Phi) is 6.31. The molecule has 3 amide bonds. The van der Waals surface area contributed by atoms with Crippen molar-refractivity contribution in [2.75, 3.05) is 33.4 Å². The molecule has 0 aliphatic carbocycles. The van der Waals surface area contributed by atoms with Gasteiger partial charge < -0.3 is 29.5 Å². The third-order valence-electron chi connectivity index (χ3n) is 7.36. The van der Waals surface area contributed by atoms with Crippen LogP contribution in [0.15, 0.2) is 18.2 Å². The highest BCUT2D eigenvalue weighted by molar-refractivity contribution is 5.89. The molecule has 3 heterocycles. The molecule has 8 heteroatoms. The number of carbonyl (C=O) groups is 2. The highest BCUT2D eigenvalue weighted by Crippen LogP contribution is 2.50. The van der Waals surface area contributed by atoms with E-state index >= 15 is 0 Å². The van der Waals surface area contributed by atoms with E-state index in [9.17, 15) is 14.7 Å². The summed E-state index contributed by atoms with van der Waals surface area (Å²) in [4.78, 5) is 29.4. The number of amides is 3. The third-order valence-corrected chi connectivity index (χ3v) is 7.36. The monoisotopic (exact) mass is 456 g/mol. The van der Waals surface area contributed by atoms with Gasteiger partial charge in [-0.25, -0.2) is 4.79 Å². The van der Waals surface area contributed by atoms with Crippen LogP contribution < -0.4 is 10.1 Å². The number of piperidine rings is 1. The summed E-state index contributed by atoms with van der Waals surface area (Å²) < 4.78 is 7.58. The van der Waals surface area contributed by atoms with Crippen LogP contribution in [0.1, 0.15) is 57.3 Å². The number of fused-ring (bicyclic) bond motifs is 4. The van der Waals surface area contributed by atoms with Gasteiger partial charge in [-0.05, 0) is 44.4 Å². The predicted octanol–water partition coefficient (Wildman–Crippen LogP) is 2.92. The molecule has 4 rings (SSSR count). The van der Waals surface area contributed by atoms with Crippen LogP contribution in [0.3, 0.4) is 0 Å². The molecule has 1 aromatic heterocycles. The molecule has 2 aliphatic heterocycles. The van der Waals surface area contributed by atoms with Gasteiger partial charge >= 0.3 is 6.03 Å². The SMILES string of the molecule is CCC(=O)N1CC2(CCN(C(=O)NC(C)C)CC2)c2c(n(C)c3cc(OC)ccc23)[C@@H]1CO. The molecule has 0 radical (unpaired) electrons. The maximum absolute atomic E-state index is 13.0. The number of aromatic nitrogens is 1. The number of ether oxygens (including phenoxy) is 1. The van der Waals surface area contributed by atoms with Crippen molar-refractivity contribution in [3.8, 4) is 5.75 Å². The summed E-state index contributed by atoms with van der Waals surface area (Å²) in [7, 11) is 3.66. The number of hydrogen-bond acceptors (Lipinski definition) is 4. The summed E-state index contributed by atoms with van der Waals surface area (Å²) in [5, 5.41) is 14.5. The van der Waals surface area contributed by atoms with Crippen LogP contribution in [0.25, 0.3) is 10.9 Å². The Bertz CT molecular complexity index is 1050. The normalized spacial score (nSPS) is 19.8. The number of urea groups is 1. The van der Waals surface area contributed by atoms with Gasteiger partial charge in [0.2, 0.25) is 5.91 Å². The van der Waals surface area contributed by atoms with E-state index in [1.165, 1.54) is 5.56 Å². The number of benzene rings is 1. The zero-order chi connectivity index (χ0) is 23.9. The van der Waals surface area contributed by atoms with Crippen LogP contribution in [0.5, 0.6) is 5.75 Å². The van der Waals surface area contributed by atoms with Gasteiger partial charge in [-0.1, -0.05) is 6.92 Å². The molecule has 0 unspecified atom stereocenters. The number of nitrogens with zero attached hydrogens (tertiary/aromatic N) is 3. The molecule has 1 saturated heterocycles. The number of carbonyl (C=O) groups excluding carboxylic acids is 2. The molecule has 0 saturated carbocycles. The minimum absolute atomic E-state index is 0.0340. The fourth-order valence-electron chi connectivity index (χ4n) is 5.71. The average Bonchev–Trinajstić information content (AvgIpc) is 3.11. The molecule has 180 valence electrons. The van der Waals surface area contributed by atoms with E-state index in [0.29, 0.717) is 26.1 Å². The topological polar surface area (TPSA) is 87.0 Å². The number of methoxy groups -OCH3 is 1. The molecule has 1 aromatic carbocycles. The van der Waals surface area contributed by atoms with Crippen LogP contribution in [0.4, 0.5) is 4.79 Å². The summed E-state index contributed by atoms with van der Waals surface area (Å²) >= 11 is 0. The Balaban J connectivity index is 1.83. The first-order chi connectivity index (χ1) is 15.8. The average molecular weight is 457 g/mol. The Morgan fingerprint density at radius 1 is 1.27 bits per heavy atom. The van der Waals surface area contributed by atoms with E-state index in [1.54, 1.807) is 7.11 Å². The van der Waals surface area contributed by atoms with Crippen molar-refractivity contribution in [2.24, 2.45) is 7.05 Å².